The van der Waals surface area contributed by atoms with Crippen LogP contribution in [0.25, 0.3) is 0 Å². The Morgan fingerprint density at radius 2 is 2.38 bits per heavy atom. The van der Waals surface area contributed by atoms with Crippen molar-refractivity contribution in [2.75, 3.05) is 24.5 Å². The standard InChI is InChI=1S/C10H13ClN4O/c1-7-5-13-10(11)14-9(7)15-4-2-3-12-8(16)6-15/h5H,2-4,6H2,1H3,(H,12,16). The normalized spacial score (nSPS) is 16.9. The molecule has 1 aromatic rings. The predicted molar refractivity (Wildman–Crippen MR) is 61.6 cm³/mol. The van der Waals surface area contributed by atoms with Crippen LogP contribution in [-0.2, 0) is 4.79 Å². The summed E-state index contributed by atoms with van der Waals surface area (Å²) in [5.41, 5.74) is 0.930. The van der Waals surface area contributed by atoms with E-state index >= 15 is 0 Å². The predicted octanol–water partition coefficient (Wildman–Crippen LogP) is 0.765. The number of hydrogen-bond acceptors (Lipinski definition) is 4. The number of aromatic nitrogens is 2. The highest BCUT2D eigenvalue weighted by atomic mass is 35.5. The molecule has 0 bridgehead atoms. The fraction of sp³-hybridized carbons (Fsp3) is 0.500. The summed E-state index contributed by atoms with van der Waals surface area (Å²) in [5.74, 6) is 0.767. The molecule has 1 amide bonds. The molecule has 0 radical (unpaired) electrons. The van der Waals surface area contributed by atoms with Gasteiger partial charge in [-0.25, -0.2) is 9.97 Å². The van der Waals surface area contributed by atoms with E-state index in [1.165, 1.54) is 0 Å². The first-order chi connectivity index (χ1) is 7.66. The van der Waals surface area contributed by atoms with Crippen LogP contribution in [-0.4, -0.2) is 35.5 Å². The number of halogens is 1. The molecule has 6 heteroatoms. The van der Waals surface area contributed by atoms with Crippen LogP contribution < -0.4 is 10.2 Å². The lowest BCUT2D eigenvalue weighted by Gasteiger charge is -2.21. The van der Waals surface area contributed by atoms with E-state index in [1.54, 1.807) is 6.20 Å². The summed E-state index contributed by atoms with van der Waals surface area (Å²) >= 11 is 5.76. The highest BCUT2D eigenvalue weighted by molar-refractivity contribution is 6.28. The molecule has 1 aliphatic heterocycles. The SMILES string of the molecule is Cc1cnc(Cl)nc1N1CCCNC(=O)C1. The number of nitrogens with one attached hydrogen (secondary N) is 1. The van der Waals surface area contributed by atoms with Crippen molar-refractivity contribution in [3.63, 3.8) is 0 Å². The molecule has 0 saturated carbocycles. The summed E-state index contributed by atoms with van der Waals surface area (Å²) in [6.07, 6.45) is 2.58. The first kappa shape index (κ1) is 11.1. The van der Waals surface area contributed by atoms with Gasteiger partial charge in [-0.3, -0.25) is 4.79 Å². The van der Waals surface area contributed by atoms with Crippen LogP contribution in [0.1, 0.15) is 12.0 Å². The zero-order valence-electron chi connectivity index (χ0n) is 9.03. The second kappa shape index (κ2) is 4.65. The third-order valence-electron chi connectivity index (χ3n) is 2.48. The number of amides is 1. The van der Waals surface area contributed by atoms with Crippen LogP contribution in [0.15, 0.2) is 6.20 Å². The van der Waals surface area contributed by atoms with Gasteiger partial charge < -0.3 is 10.2 Å². The average molecular weight is 241 g/mol. The minimum atomic E-state index is 0.0200. The molecule has 86 valence electrons. The van der Waals surface area contributed by atoms with E-state index in [0.717, 1.165) is 24.3 Å². The monoisotopic (exact) mass is 240 g/mol. The summed E-state index contributed by atoms with van der Waals surface area (Å²) in [7, 11) is 0. The number of hydrogen-bond donors (Lipinski definition) is 1. The van der Waals surface area contributed by atoms with Gasteiger partial charge in [-0.15, -0.1) is 0 Å². The minimum absolute atomic E-state index is 0.0200. The smallest absolute Gasteiger partial charge is 0.239 e. The minimum Gasteiger partial charge on any atom is -0.354 e. The second-order valence-corrected chi connectivity index (χ2v) is 4.11. The van der Waals surface area contributed by atoms with E-state index in [9.17, 15) is 4.79 Å². The number of aryl methyl sites for hydroxylation is 1. The molecule has 1 N–H and O–H groups in total. The highest BCUT2D eigenvalue weighted by Gasteiger charge is 2.18. The molecule has 1 aromatic heterocycles. The zero-order chi connectivity index (χ0) is 11.5. The van der Waals surface area contributed by atoms with Crippen molar-refractivity contribution >= 4 is 23.3 Å². The Hall–Kier alpha value is -1.36. The Morgan fingerprint density at radius 1 is 1.56 bits per heavy atom. The van der Waals surface area contributed by atoms with Crippen molar-refractivity contribution in [1.29, 1.82) is 0 Å². The van der Waals surface area contributed by atoms with Gasteiger partial charge in [-0.2, -0.15) is 0 Å². The van der Waals surface area contributed by atoms with E-state index in [4.69, 9.17) is 11.6 Å². The van der Waals surface area contributed by atoms with Crippen molar-refractivity contribution in [2.24, 2.45) is 0 Å². The lowest BCUT2D eigenvalue weighted by Crippen LogP contribution is -2.34. The summed E-state index contributed by atoms with van der Waals surface area (Å²) in [6.45, 7) is 3.75. The molecule has 0 spiro atoms. The number of carbonyl (C=O) groups is 1. The van der Waals surface area contributed by atoms with Crippen molar-refractivity contribution in [3.05, 3.63) is 17.0 Å². The summed E-state index contributed by atoms with van der Waals surface area (Å²) < 4.78 is 0. The molecule has 0 atom stereocenters. The maximum absolute atomic E-state index is 11.4. The van der Waals surface area contributed by atoms with Crippen LogP contribution in [0, 0.1) is 6.92 Å². The van der Waals surface area contributed by atoms with E-state index < -0.39 is 0 Å². The van der Waals surface area contributed by atoms with Crippen molar-refractivity contribution in [3.8, 4) is 0 Å². The lowest BCUT2D eigenvalue weighted by atomic mass is 10.3. The summed E-state index contributed by atoms with van der Waals surface area (Å²) in [4.78, 5) is 21.4. The third kappa shape index (κ3) is 2.41. The first-order valence-corrected chi connectivity index (χ1v) is 5.55. The molecule has 2 rings (SSSR count). The highest BCUT2D eigenvalue weighted by Crippen LogP contribution is 2.18. The van der Waals surface area contributed by atoms with Crippen molar-refractivity contribution in [2.45, 2.75) is 13.3 Å². The molecule has 0 unspecified atom stereocenters. The van der Waals surface area contributed by atoms with Gasteiger partial charge >= 0.3 is 0 Å². The molecule has 1 saturated heterocycles. The van der Waals surface area contributed by atoms with Crippen molar-refractivity contribution < 1.29 is 4.79 Å². The van der Waals surface area contributed by atoms with Gasteiger partial charge in [-0.05, 0) is 24.9 Å². The van der Waals surface area contributed by atoms with Crippen LogP contribution in [0.2, 0.25) is 5.28 Å². The Bertz CT molecular complexity index is 410. The van der Waals surface area contributed by atoms with E-state index in [1.807, 2.05) is 11.8 Å². The molecule has 1 aliphatic rings. The quantitative estimate of drug-likeness (QED) is 0.737. The molecular formula is C10H13ClN4O. The molecule has 1 fully saturated rings. The van der Waals surface area contributed by atoms with Gasteiger partial charge in [0.25, 0.3) is 0 Å². The van der Waals surface area contributed by atoms with Gasteiger partial charge in [-0.1, -0.05) is 0 Å². The lowest BCUT2D eigenvalue weighted by molar-refractivity contribution is -0.119. The number of anilines is 1. The summed E-state index contributed by atoms with van der Waals surface area (Å²) in [6, 6.07) is 0. The maximum atomic E-state index is 11.4. The van der Waals surface area contributed by atoms with Gasteiger partial charge in [0.1, 0.15) is 5.82 Å². The van der Waals surface area contributed by atoms with E-state index in [-0.39, 0.29) is 11.2 Å². The zero-order valence-corrected chi connectivity index (χ0v) is 9.79. The fourth-order valence-corrected chi connectivity index (χ4v) is 1.85. The molecule has 16 heavy (non-hydrogen) atoms. The van der Waals surface area contributed by atoms with Gasteiger partial charge in [0.2, 0.25) is 11.2 Å². The first-order valence-electron chi connectivity index (χ1n) is 5.17. The Morgan fingerprint density at radius 3 is 3.19 bits per heavy atom. The molecular weight excluding hydrogens is 228 g/mol. The second-order valence-electron chi connectivity index (χ2n) is 3.77. The average Bonchev–Trinajstić information content (AvgIpc) is 2.46. The third-order valence-corrected chi connectivity index (χ3v) is 2.66. The topological polar surface area (TPSA) is 58.1 Å². The van der Waals surface area contributed by atoms with Crippen molar-refractivity contribution in [1.82, 2.24) is 15.3 Å². The Balaban J connectivity index is 2.27. The van der Waals surface area contributed by atoms with Gasteiger partial charge in [0, 0.05) is 24.8 Å². The van der Waals surface area contributed by atoms with E-state index in [2.05, 4.69) is 15.3 Å². The van der Waals surface area contributed by atoms with E-state index in [0.29, 0.717) is 13.1 Å². The van der Waals surface area contributed by atoms with Crippen LogP contribution in [0.4, 0.5) is 5.82 Å². The largest absolute Gasteiger partial charge is 0.354 e. The number of nitrogens with zero attached hydrogens (tertiary/aromatic N) is 3. The van der Waals surface area contributed by atoms with Crippen LogP contribution in [0.5, 0.6) is 0 Å². The molecule has 0 aliphatic carbocycles. The van der Waals surface area contributed by atoms with Gasteiger partial charge in [0.15, 0.2) is 0 Å². The van der Waals surface area contributed by atoms with Gasteiger partial charge in [0.05, 0.1) is 6.54 Å². The molecule has 5 nitrogen and oxygen atoms in total. The molecule has 2 heterocycles. The Labute approximate surface area is 98.8 Å². The van der Waals surface area contributed by atoms with Crippen LogP contribution in [0.3, 0.4) is 0 Å². The number of carbonyl (C=O) groups excluding carboxylic acids is 1. The molecule has 0 aromatic carbocycles. The summed E-state index contributed by atoms with van der Waals surface area (Å²) in [5, 5.41) is 3.03. The maximum Gasteiger partial charge on any atom is 0.239 e. The fourth-order valence-electron chi connectivity index (χ4n) is 1.72. The van der Waals surface area contributed by atoms with Crippen LogP contribution >= 0.6 is 11.6 Å². The number of rotatable bonds is 1. The Kier molecular flexibility index (Phi) is 3.24.